The van der Waals surface area contributed by atoms with E-state index in [9.17, 15) is 4.21 Å². The molecule has 0 aliphatic carbocycles. The summed E-state index contributed by atoms with van der Waals surface area (Å²) in [5.74, 6) is 0. The van der Waals surface area contributed by atoms with Gasteiger partial charge in [0.25, 0.3) is 0 Å². The van der Waals surface area contributed by atoms with Crippen molar-refractivity contribution in [2.45, 2.75) is 76.8 Å². The zero-order valence-electron chi connectivity index (χ0n) is 17.9. The Balaban J connectivity index is 1.51. The lowest BCUT2D eigenvalue weighted by Crippen LogP contribution is -2.36. The van der Waals surface area contributed by atoms with Crippen LogP contribution in [0.1, 0.15) is 63.9 Å². The Morgan fingerprint density at radius 3 is 2.61 bits per heavy atom. The molecule has 3 unspecified atom stereocenters. The number of nitrogens with zero attached hydrogens (tertiary/aromatic N) is 2. The van der Waals surface area contributed by atoms with Crippen LogP contribution in [0.3, 0.4) is 0 Å². The van der Waals surface area contributed by atoms with Crippen LogP contribution in [0.5, 0.6) is 0 Å². The molecule has 0 saturated carbocycles. The first-order valence-corrected chi connectivity index (χ1v) is 12.9. The maximum absolute atomic E-state index is 11.8. The minimum atomic E-state index is -0.836. The molecule has 2 saturated heterocycles. The highest BCUT2D eigenvalue weighted by Crippen LogP contribution is 2.25. The molecule has 3 atom stereocenters. The van der Waals surface area contributed by atoms with Crippen molar-refractivity contribution in [2.24, 2.45) is 0 Å². The standard InChI is InChI=1S/C23H39N3OS/c1-3-26(22-11-7-18-25(19-16-22)28(2)27)23-14-12-20(13-15-23)8-6-10-21-9-4-5-17-24-21/h12-15,21-22,24H,3-11,16-19H2,1-2H3. The van der Waals surface area contributed by atoms with Gasteiger partial charge in [-0.3, -0.25) is 0 Å². The maximum atomic E-state index is 11.8. The Labute approximate surface area is 174 Å². The monoisotopic (exact) mass is 405 g/mol. The largest absolute Gasteiger partial charge is 0.369 e. The molecule has 3 rings (SSSR count). The number of aryl methyl sites for hydroxylation is 1. The predicted octanol–water partition coefficient (Wildman–Crippen LogP) is 4.13. The van der Waals surface area contributed by atoms with E-state index in [1.165, 1.54) is 62.7 Å². The molecule has 2 aliphatic rings. The van der Waals surface area contributed by atoms with Crippen molar-refractivity contribution in [3.63, 3.8) is 0 Å². The molecule has 2 fully saturated rings. The molecule has 0 aromatic heterocycles. The SMILES string of the molecule is CCN(c1ccc(CCCC2CCCCN2)cc1)C1CCCN(S(C)=O)CC1. The molecule has 1 N–H and O–H groups in total. The second-order valence-corrected chi connectivity index (χ2v) is 9.79. The van der Waals surface area contributed by atoms with E-state index in [2.05, 4.69) is 45.7 Å². The summed E-state index contributed by atoms with van der Waals surface area (Å²) in [6, 6.07) is 10.6. The summed E-state index contributed by atoms with van der Waals surface area (Å²) in [5, 5.41) is 3.66. The number of benzene rings is 1. The highest BCUT2D eigenvalue weighted by molar-refractivity contribution is 7.81. The van der Waals surface area contributed by atoms with Crippen molar-refractivity contribution in [1.29, 1.82) is 0 Å². The van der Waals surface area contributed by atoms with Gasteiger partial charge in [0.15, 0.2) is 0 Å². The van der Waals surface area contributed by atoms with Crippen molar-refractivity contribution in [2.75, 3.05) is 37.3 Å². The van der Waals surface area contributed by atoms with Crippen LogP contribution in [0.15, 0.2) is 24.3 Å². The third-order valence-electron chi connectivity index (χ3n) is 6.50. The Kier molecular flexibility index (Phi) is 8.81. The second-order valence-electron chi connectivity index (χ2n) is 8.43. The van der Waals surface area contributed by atoms with E-state index in [-0.39, 0.29) is 0 Å². The second kappa shape index (κ2) is 11.3. The molecule has 0 amide bonds. The van der Waals surface area contributed by atoms with Crippen LogP contribution in [-0.4, -0.2) is 53.0 Å². The Bertz CT molecular complexity index is 600. The van der Waals surface area contributed by atoms with Crippen LogP contribution in [0.25, 0.3) is 0 Å². The lowest BCUT2D eigenvalue weighted by Gasteiger charge is -2.32. The zero-order valence-corrected chi connectivity index (χ0v) is 18.7. The molecule has 158 valence electrons. The van der Waals surface area contributed by atoms with E-state index in [0.717, 1.165) is 38.5 Å². The summed E-state index contributed by atoms with van der Waals surface area (Å²) >= 11 is 0. The molecule has 5 heteroatoms. The molecule has 0 radical (unpaired) electrons. The summed E-state index contributed by atoms with van der Waals surface area (Å²) in [7, 11) is -0.836. The summed E-state index contributed by atoms with van der Waals surface area (Å²) in [5.41, 5.74) is 2.81. The van der Waals surface area contributed by atoms with Gasteiger partial charge in [-0.15, -0.1) is 0 Å². The van der Waals surface area contributed by atoms with Gasteiger partial charge >= 0.3 is 0 Å². The fraction of sp³-hybridized carbons (Fsp3) is 0.739. The van der Waals surface area contributed by atoms with Gasteiger partial charge in [-0.2, -0.15) is 0 Å². The minimum absolute atomic E-state index is 0.557. The zero-order chi connectivity index (χ0) is 19.8. The number of piperidine rings is 1. The first kappa shape index (κ1) is 21.8. The van der Waals surface area contributed by atoms with E-state index in [4.69, 9.17) is 0 Å². The fourth-order valence-electron chi connectivity index (χ4n) is 4.85. The summed E-state index contributed by atoms with van der Waals surface area (Å²) in [6.45, 7) is 6.40. The normalized spacial score (nSPS) is 25.2. The topological polar surface area (TPSA) is 35.6 Å². The van der Waals surface area contributed by atoms with Crippen LogP contribution < -0.4 is 10.2 Å². The van der Waals surface area contributed by atoms with Crippen molar-refractivity contribution in [3.05, 3.63) is 29.8 Å². The average molecular weight is 406 g/mol. The minimum Gasteiger partial charge on any atom is -0.369 e. The number of rotatable bonds is 8. The van der Waals surface area contributed by atoms with Crippen LogP contribution in [0.4, 0.5) is 5.69 Å². The van der Waals surface area contributed by atoms with Gasteiger partial charge in [-0.1, -0.05) is 18.6 Å². The highest BCUT2D eigenvalue weighted by Gasteiger charge is 2.23. The third-order valence-corrected chi connectivity index (χ3v) is 7.59. The fourth-order valence-corrected chi connectivity index (χ4v) is 5.60. The number of anilines is 1. The van der Waals surface area contributed by atoms with E-state index < -0.39 is 11.0 Å². The van der Waals surface area contributed by atoms with Crippen molar-refractivity contribution in [1.82, 2.24) is 9.62 Å². The van der Waals surface area contributed by atoms with Crippen molar-refractivity contribution in [3.8, 4) is 0 Å². The Hall–Kier alpha value is -0.910. The van der Waals surface area contributed by atoms with E-state index in [1.807, 2.05) is 0 Å². The number of hydrogen-bond acceptors (Lipinski definition) is 3. The molecule has 2 aliphatic heterocycles. The molecule has 4 nitrogen and oxygen atoms in total. The van der Waals surface area contributed by atoms with Gasteiger partial charge in [-0.05, 0) is 82.5 Å². The van der Waals surface area contributed by atoms with E-state index in [1.54, 1.807) is 6.26 Å². The van der Waals surface area contributed by atoms with Gasteiger partial charge < -0.3 is 10.2 Å². The Morgan fingerprint density at radius 1 is 1.11 bits per heavy atom. The van der Waals surface area contributed by atoms with E-state index >= 15 is 0 Å². The average Bonchev–Trinajstić information content (AvgIpc) is 2.97. The predicted molar refractivity (Wildman–Crippen MR) is 121 cm³/mol. The molecular weight excluding hydrogens is 366 g/mol. The molecule has 1 aromatic carbocycles. The first-order valence-electron chi connectivity index (χ1n) is 11.3. The lowest BCUT2D eigenvalue weighted by molar-refractivity contribution is 0.376. The quantitative estimate of drug-likeness (QED) is 0.706. The lowest BCUT2D eigenvalue weighted by atomic mass is 9.98. The first-order chi connectivity index (χ1) is 13.7. The van der Waals surface area contributed by atoms with Crippen LogP contribution in [0, 0.1) is 0 Å². The maximum Gasteiger partial charge on any atom is 0.0910 e. The highest BCUT2D eigenvalue weighted by atomic mass is 32.2. The summed E-state index contributed by atoms with van der Waals surface area (Å²) < 4.78 is 13.9. The molecule has 0 bridgehead atoms. The van der Waals surface area contributed by atoms with Crippen molar-refractivity contribution < 1.29 is 4.21 Å². The number of nitrogens with one attached hydrogen (secondary N) is 1. The molecule has 28 heavy (non-hydrogen) atoms. The Morgan fingerprint density at radius 2 is 1.93 bits per heavy atom. The number of hydrogen-bond donors (Lipinski definition) is 1. The molecule has 0 spiro atoms. The van der Waals surface area contributed by atoms with Gasteiger partial charge in [0.05, 0.1) is 11.0 Å². The van der Waals surface area contributed by atoms with Gasteiger partial charge in [0, 0.05) is 43.7 Å². The molecule has 2 heterocycles. The van der Waals surface area contributed by atoms with Crippen LogP contribution >= 0.6 is 0 Å². The van der Waals surface area contributed by atoms with Crippen LogP contribution in [0.2, 0.25) is 0 Å². The van der Waals surface area contributed by atoms with E-state index in [0.29, 0.717) is 6.04 Å². The molecule has 1 aromatic rings. The van der Waals surface area contributed by atoms with Crippen molar-refractivity contribution >= 4 is 16.7 Å². The van der Waals surface area contributed by atoms with Gasteiger partial charge in [0.2, 0.25) is 0 Å². The third kappa shape index (κ3) is 6.30. The summed E-state index contributed by atoms with van der Waals surface area (Å²) in [6.07, 6.45) is 13.1. The molecular formula is C23H39N3OS. The van der Waals surface area contributed by atoms with Gasteiger partial charge in [-0.25, -0.2) is 8.51 Å². The van der Waals surface area contributed by atoms with Gasteiger partial charge in [0.1, 0.15) is 0 Å². The smallest absolute Gasteiger partial charge is 0.0910 e. The van der Waals surface area contributed by atoms with Crippen LogP contribution in [-0.2, 0) is 17.4 Å². The summed E-state index contributed by atoms with van der Waals surface area (Å²) in [4.78, 5) is 2.55.